The summed E-state index contributed by atoms with van der Waals surface area (Å²) in [6, 6.07) is 1.71. The van der Waals surface area contributed by atoms with Crippen LogP contribution in [-0.4, -0.2) is 18.9 Å². The van der Waals surface area contributed by atoms with Crippen LogP contribution in [0.15, 0.2) is 28.2 Å². The second-order valence-corrected chi connectivity index (χ2v) is 3.99. The lowest BCUT2D eigenvalue weighted by molar-refractivity contribution is -0.113. The van der Waals surface area contributed by atoms with Gasteiger partial charge in [-0.25, -0.2) is 8.78 Å². The third-order valence-corrected chi connectivity index (χ3v) is 2.84. The van der Waals surface area contributed by atoms with Gasteiger partial charge in [0.2, 0.25) is 0 Å². The molecule has 2 rings (SSSR count). The fraction of sp³-hybridized carbons (Fsp3) is 0.300. The van der Waals surface area contributed by atoms with E-state index in [1.165, 1.54) is 11.3 Å². The molecule has 1 amide bonds. The molecule has 0 aromatic carbocycles. The van der Waals surface area contributed by atoms with E-state index in [0.29, 0.717) is 5.69 Å². The Morgan fingerprint density at radius 1 is 1.56 bits per heavy atom. The maximum absolute atomic E-state index is 12.5. The number of carbonyl (C=O) groups is 1. The molecule has 2 heterocycles. The molecule has 1 aliphatic heterocycles. The number of allylic oxidation sites excluding steroid dienone is 1. The number of hydrogen-bond acceptors (Lipinski definition) is 3. The van der Waals surface area contributed by atoms with Gasteiger partial charge in [-0.15, -0.1) is 0 Å². The lowest BCUT2D eigenvalue weighted by atomic mass is 10.2. The predicted molar refractivity (Wildman–Crippen MR) is 56.5 cm³/mol. The van der Waals surface area contributed by atoms with Crippen LogP contribution in [0, 0.1) is 0 Å². The van der Waals surface area contributed by atoms with Gasteiger partial charge in [0, 0.05) is 11.8 Å². The van der Waals surface area contributed by atoms with Gasteiger partial charge in [0.05, 0.1) is 17.9 Å². The Morgan fingerprint density at radius 2 is 2.38 bits per heavy atom. The highest BCUT2D eigenvalue weighted by Gasteiger charge is 2.28. The molecule has 1 N–H and O–H groups in total. The van der Waals surface area contributed by atoms with Gasteiger partial charge >= 0.3 is 0 Å². The lowest BCUT2D eigenvalue weighted by Crippen LogP contribution is -2.15. The zero-order valence-corrected chi connectivity index (χ0v) is 9.02. The van der Waals surface area contributed by atoms with Gasteiger partial charge in [-0.3, -0.25) is 4.79 Å². The van der Waals surface area contributed by atoms with Crippen LogP contribution in [0.4, 0.5) is 14.5 Å². The summed E-state index contributed by atoms with van der Waals surface area (Å²) in [5.41, 5.74) is 0.657. The zero-order chi connectivity index (χ0) is 11.5. The molecule has 0 spiro atoms. The van der Waals surface area contributed by atoms with E-state index in [9.17, 15) is 13.6 Å². The summed E-state index contributed by atoms with van der Waals surface area (Å²) in [5.74, 6) is -1.00. The molecule has 1 aromatic rings. The van der Waals surface area contributed by atoms with Crippen LogP contribution in [0.3, 0.4) is 0 Å². The Labute approximate surface area is 94.7 Å². The molecule has 16 heavy (non-hydrogen) atoms. The highest BCUT2D eigenvalue weighted by molar-refractivity contribution is 7.08. The third kappa shape index (κ3) is 2.21. The first-order valence-corrected chi connectivity index (χ1v) is 5.60. The van der Waals surface area contributed by atoms with E-state index in [0.717, 1.165) is 0 Å². The fourth-order valence-electron chi connectivity index (χ4n) is 1.44. The smallest absolute Gasteiger partial charge is 0.295 e. The van der Waals surface area contributed by atoms with Gasteiger partial charge in [-0.2, -0.15) is 11.3 Å². The molecule has 1 aromatic heterocycles. The van der Waals surface area contributed by atoms with E-state index in [1.54, 1.807) is 16.8 Å². The fourth-order valence-corrected chi connectivity index (χ4v) is 2.02. The van der Waals surface area contributed by atoms with Crippen molar-refractivity contribution in [1.29, 1.82) is 0 Å². The summed E-state index contributed by atoms with van der Waals surface area (Å²) < 4.78 is 29.7. The number of rotatable bonds is 3. The monoisotopic (exact) mass is 245 g/mol. The average molecular weight is 245 g/mol. The normalized spacial score (nSPS) is 15.4. The van der Waals surface area contributed by atoms with Crippen molar-refractivity contribution < 1.29 is 18.3 Å². The third-order valence-electron chi connectivity index (χ3n) is 2.16. The molecule has 0 aliphatic carbocycles. The first-order chi connectivity index (χ1) is 7.68. The Bertz CT molecular complexity index is 414. The number of thiophene rings is 1. The van der Waals surface area contributed by atoms with Crippen LogP contribution in [0.25, 0.3) is 0 Å². The molecule has 86 valence electrons. The van der Waals surface area contributed by atoms with Crippen molar-refractivity contribution in [2.24, 2.45) is 0 Å². The van der Waals surface area contributed by atoms with Crippen molar-refractivity contribution in [3.05, 3.63) is 28.2 Å². The SMILES string of the molecule is O=C(Nc1ccsc1)C1=C(C(F)F)OCC1. The van der Waals surface area contributed by atoms with E-state index in [1.807, 2.05) is 0 Å². The van der Waals surface area contributed by atoms with E-state index in [4.69, 9.17) is 4.74 Å². The standard InChI is InChI=1S/C10H9F2NO2S/c11-9(12)8-7(1-3-15-8)10(14)13-6-2-4-16-5-6/h2,4-5,9H,1,3H2,(H,13,14). The first-order valence-electron chi connectivity index (χ1n) is 4.66. The molecule has 0 saturated carbocycles. The summed E-state index contributed by atoms with van der Waals surface area (Å²) >= 11 is 1.42. The number of alkyl halides is 2. The number of ether oxygens (including phenoxy) is 1. The molecular formula is C10H9F2NO2S. The van der Waals surface area contributed by atoms with Crippen LogP contribution in [0.1, 0.15) is 6.42 Å². The van der Waals surface area contributed by atoms with Gasteiger partial charge in [0.15, 0.2) is 5.76 Å². The summed E-state index contributed by atoms with van der Waals surface area (Å²) in [6.45, 7) is 0.145. The molecule has 1 aliphatic rings. The molecule has 0 bridgehead atoms. The number of carbonyl (C=O) groups excluding carboxylic acids is 1. The van der Waals surface area contributed by atoms with Gasteiger partial charge < -0.3 is 10.1 Å². The Kier molecular flexibility index (Phi) is 3.19. The molecule has 0 saturated heterocycles. The number of nitrogens with one attached hydrogen (secondary N) is 1. The predicted octanol–water partition coefficient (Wildman–Crippen LogP) is 2.63. The minimum absolute atomic E-state index is 0.0428. The van der Waals surface area contributed by atoms with Crippen molar-refractivity contribution in [2.75, 3.05) is 11.9 Å². The lowest BCUT2D eigenvalue weighted by Gasteiger charge is -2.05. The second-order valence-electron chi connectivity index (χ2n) is 3.21. The highest BCUT2D eigenvalue weighted by Crippen LogP contribution is 2.26. The number of amides is 1. The second kappa shape index (κ2) is 4.61. The van der Waals surface area contributed by atoms with Gasteiger partial charge in [-0.1, -0.05) is 0 Å². The molecule has 0 atom stereocenters. The Morgan fingerprint density at radius 3 is 3.00 bits per heavy atom. The topological polar surface area (TPSA) is 38.3 Å². The van der Waals surface area contributed by atoms with E-state index in [2.05, 4.69) is 5.32 Å². The molecule has 0 unspecified atom stereocenters. The first kappa shape index (κ1) is 11.1. The summed E-state index contributed by atoms with van der Waals surface area (Å²) in [4.78, 5) is 11.6. The van der Waals surface area contributed by atoms with Crippen LogP contribution in [0.5, 0.6) is 0 Å². The van der Waals surface area contributed by atoms with Crippen LogP contribution >= 0.6 is 11.3 Å². The Hall–Kier alpha value is -1.43. The minimum atomic E-state index is -2.73. The minimum Gasteiger partial charge on any atom is -0.491 e. The molecule has 0 radical (unpaired) electrons. The largest absolute Gasteiger partial charge is 0.491 e. The Balaban J connectivity index is 2.12. The number of anilines is 1. The number of halogens is 2. The highest BCUT2D eigenvalue weighted by atomic mass is 32.1. The van der Waals surface area contributed by atoms with Crippen LogP contribution < -0.4 is 5.32 Å². The van der Waals surface area contributed by atoms with Gasteiger partial charge in [-0.05, 0) is 11.4 Å². The zero-order valence-electron chi connectivity index (χ0n) is 8.20. The summed E-state index contributed by atoms with van der Waals surface area (Å²) in [7, 11) is 0. The average Bonchev–Trinajstić information content (AvgIpc) is 2.86. The van der Waals surface area contributed by atoms with Crippen molar-refractivity contribution in [2.45, 2.75) is 12.8 Å². The molecular weight excluding hydrogens is 236 g/mol. The maximum Gasteiger partial charge on any atom is 0.295 e. The quantitative estimate of drug-likeness (QED) is 0.889. The van der Waals surface area contributed by atoms with Crippen molar-refractivity contribution in [1.82, 2.24) is 0 Å². The van der Waals surface area contributed by atoms with Crippen molar-refractivity contribution in [3.8, 4) is 0 Å². The molecule has 3 nitrogen and oxygen atoms in total. The van der Waals surface area contributed by atoms with Crippen LogP contribution in [0.2, 0.25) is 0 Å². The molecule has 6 heteroatoms. The van der Waals surface area contributed by atoms with Crippen molar-refractivity contribution in [3.63, 3.8) is 0 Å². The van der Waals surface area contributed by atoms with E-state index in [-0.39, 0.29) is 18.6 Å². The van der Waals surface area contributed by atoms with E-state index < -0.39 is 18.1 Å². The summed E-state index contributed by atoms with van der Waals surface area (Å²) in [6.07, 6.45) is -2.50. The van der Waals surface area contributed by atoms with Gasteiger partial charge in [0.25, 0.3) is 12.3 Å². The van der Waals surface area contributed by atoms with Crippen molar-refractivity contribution >= 4 is 22.9 Å². The maximum atomic E-state index is 12.5. The van der Waals surface area contributed by atoms with Crippen LogP contribution in [-0.2, 0) is 9.53 Å². The number of hydrogen-bond donors (Lipinski definition) is 1. The molecule has 0 fully saturated rings. The van der Waals surface area contributed by atoms with Gasteiger partial charge in [0.1, 0.15) is 0 Å². The van der Waals surface area contributed by atoms with E-state index >= 15 is 0 Å². The summed E-state index contributed by atoms with van der Waals surface area (Å²) in [5, 5.41) is 6.08.